The van der Waals surface area contributed by atoms with Gasteiger partial charge in [0.2, 0.25) is 0 Å². The highest BCUT2D eigenvalue weighted by Gasteiger charge is 2.24. The van der Waals surface area contributed by atoms with E-state index in [4.69, 9.17) is 38.7 Å². The van der Waals surface area contributed by atoms with Crippen molar-refractivity contribution in [3.63, 3.8) is 0 Å². The molecule has 0 bridgehead atoms. The zero-order valence-electron chi connectivity index (χ0n) is 53.3. The summed E-state index contributed by atoms with van der Waals surface area (Å²) in [4.78, 5) is 30.9. The van der Waals surface area contributed by atoms with Crippen LogP contribution in [0.15, 0.2) is 324 Å². The SMILES string of the molecule is c1ccc(-c2cc(-c3cccc4c3sc3cc(-c5nc(-c6ccccc6)nc(-c6cccc(-c7ccc8c(c7)oc7c(-c9ccccc9)ccc(-c9cccc%10c9sc9cc(-c%11nc(-c%12ccccc%12)nc(-c%12ccccc%12)n%11)ccc9%10)c78)c6)n5)ccc34)c3c(c2)oc2ccccc23)cc1. The van der Waals surface area contributed by atoms with E-state index in [0.717, 1.165) is 142 Å². The van der Waals surface area contributed by atoms with Crippen molar-refractivity contribution in [3.8, 4) is 124 Å². The summed E-state index contributed by atoms with van der Waals surface area (Å²) in [6.45, 7) is 0. The van der Waals surface area contributed by atoms with Gasteiger partial charge in [-0.25, -0.2) is 29.9 Å². The number of fused-ring (bicyclic) bond motifs is 12. The molecule has 0 N–H and O–H groups in total. The number of benzene rings is 14. The first-order valence-corrected chi connectivity index (χ1v) is 34.9. The molecule has 0 aliphatic rings. The molecule has 0 unspecified atom stereocenters. The third-order valence-corrected chi connectivity index (χ3v) is 21.6. The lowest BCUT2D eigenvalue weighted by Gasteiger charge is -2.10. The largest absolute Gasteiger partial charge is 0.456 e. The average molecular weight is 1310 g/mol. The van der Waals surface area contributed by atoms with Crippen LogP contribution in [0.2, 0.25) is 0 Å². The number of furan rings is 2. The van der Waals surface area contributed by atoms with E-state index in [1.165, 1.54) is 30.9 Å². The Labute approximate surface area is 581 Å². The van der Waals surface area contributed by atoms with Gasteiger partial charge in [-0.1, -0.05) is 261 Å². The molecule has 6 aromatic heterocycles. The van der Waals surface area contributed by atoms with Gasteiger partial charge in [0.25, 0.3) is 0 Å². The Morgan fingerprint density at radius 2 is 0.600 bits per heavy atom. The van der Waals surface area contributed by atoms with Gasteiger partial charge in [-0.2, -0.15) is 0 Å². The molecule has 6 heterocycles. The molecule has 0 fully saturated rings. The van der Waals surface area contributed by atoms with Crippen molar-refractivity contribution in [2.24, 2.45) is 0 Å². The molecular weight excluding hydrogens is 1260 g/mol. The van der Waals surface area contributed by atoms with Crippen LogP contribution >= 0.6 is 22.7 Å². The molecule has 20 rings (SSSR count). The number of rotatable bonds is 11. The first-order valence-electron chi connectivity index (χ1n) is 33.3. The Balaban J connectivity index is 0.681. The molecule has 100 heavy (non-hydrogen) atoms. The lowest BCUT2D eigenvalue weighted by atomic mass is 9.93. The second-order valence-corrected chi connectivity index (χ2v) is 27.3. The number of thiophene rings is 2. The molecular formula is C90H52N6O2S2. The summed E-state index contributed by atoms with van der Waals surface area (Å²) < 4.78 is 18.5. The smallest absolute Gasteiger partial charge is 0.164 e. The number of aromatic nitrogens is 6. The molecule has 0 radical (unpaired) electrons. The van der Waals surface area contributed by atoms with Gasteiger partial charge in [0.05, 0.1) is 0 Å². The highest BCUT2D eigenvalue weighted by atomic mass is 32.1. The van der Waals surface area contributed by atoms with Gasteiger partial charge >= 0.3 is 0 Å². The summed E-state index contributed by atoms with van der Waals surface area (Å²) in [7, 11) is 0. The number of para-hydroxylation sites is 1. The van der Waals surface area contributed by atoms with Crippen molar-refractivity contribution in [2.75, 3.05) is 0 Å². The van der Waals surface area contributed by atoms with Gasteiger partial charge in [0.15, 0.2) is 34.9 Å². The Bertz CT molecular complexity index is 6590. The van der Waals surface area contributed by atoms with E-state index in [1.54, 1.807) is 22.7 Å². The average Bonchev–Trinajstić information content (AvgIpc) is 1.58. The van der Waals surface area contributed by atoms with Crippen molar-refractivity contribution in [1.29, 1.82) is 0 Å². The summed E-state index contributed by atoms with van der Waals surface area (Å²) in [5.41, 5.74) is 19.7. The minimum Gasteiger partial charge on any atom is -0.456 e. The number of nitrogens with zero attached hydrogens (tertiary/aromatic N) is 6. The van der Waals surface area contributed by atoms with Gasteiger partial charge in [-0.15, -0.1) is 22.7 Å². The molecule has 0 spiro atoms. The third kappa shape index (κ3) is 9.79. The van der Waals surface area contributed by atoms with Crippen molar-refractivity contribution >= 4 is 107 Å². The zero-order valence-corrected chi connectivity index (χ0v) is 55.0. The van der Waals surface area contributed by atoms with Gasteiger partial charge in [-0.3, -0.25) is 0 Å². The molecule has 466 valence electrons. The molecule has 0 aliphatic heterocycles. The Kier molecular flexibility index (Phi) is 13.5. The van der Waals surface area contributed by atoms with E-state index in [2.05, 4.69) is 231 Å². The number of hydrogen-bond donors (Lipinski definition) is 0. The predicted molar refractivity (Wildman–Crippen MR) is 413 cm³/mol. The fourth-order valence-corrected chi connectivity index (χ4v) is 17.0. The Morgan fingerprint density at radius 1 is 0.200 bits per heavy atom. The second kappa shape index (κ2) is 23.5. The predicted octanol–water partition coefficient (Wildman–Crippen LogP) is 24.9. The van der Waals surface area contributed by atoms with Crippen LogP contribution in [0, 0.1) is 0 Å². The van der Waals surface area contributed by atoms with E-state index in [0.29, 0.717) is 34.9 Å². The molecule has 0 amide bonds. The lowest BCUT2D eigenvalue weighted by Crippen LogP contribution is -2.00. The van der Waals surface area contributed by atoms with Crippen molar-refractivity contribution in [1.82, 2.24) is 29.9 Å². The highest BCUT2D eigenvalue weighted by Crippen LogP contribution is 2.50. The molecule has 8 nitrogen and oxygen atoms in total. The summed E-state index contributed by atoms with van der Waals surface area (Å²) in [6, 6.07) is 111. The summed E-state index contributed by atoms with van der Waals surface area (Å²) in [5.74, 6) is 3.65. The van der Waals surface area contributed by atoms with Crippen LogP contribution in [0.1, 0.15) is 0 Å². The topological polar surface area (TPSA) is 104 Å². The maximum Gasteiger partial charge on any atom is 0.164 e. The monoisotopic (exact) mass is 1310 g/mol. The standard InChI is InChI=1S/C90H52N6O2S2/c1-6-21-53(22-7-1)63-48-74(80-72-33-16-17-38-75(72)97-77(80)50-63)71-37-20-35-69-66-43-41-62(52-79(66)100-84(69)71)90-95-87(57-29-14-5-15-30-57)92-88(96-90)60-32-18-31-58(47-60)59-39-44-73-76(49-59)98-82-64(54-23-8-2-9-24-54)45-46-67(81(73)82)70-36-19-34-68-65-42-40-61(51-78(65)99-83(68)70)89-93-85(55-25-10-3-11-26-55)91-86(94-89)56-27-12-4-13-28-56/h1-52H. The first kappa shape index (κ1) is 57.4. The fourth-order valence-electron chi connectivity index (χ4n) is 14.4. The van der Waals surface area contributed by atoms with Gasteiger partial charge < -0.3 is 8.83 Å². The Hall–Kier alpha value is -12.9. The summed E-state index contributed by atoms with van der Waals surface area (Å²) >= 11 is 3.59. The zero-order chi connectivity index (χ0) is 65.8. The van der Waals surface area contributed by atoms with Crippen LogP contribution in [0.5, 0.6) is 0 Å². The maximum atomic E-state index is 7.20. The maximum absolute atomic E-state index is 7.20. The minimum absolute atomic E-state index is 0.577. The van der Waals surface area contributed by atoms with Crippen molar-refractivity contribution < 1.29 is 8.83 Å². The normalized spacial score (nSPS) is 11.8. The lowest BCUT2D eigenvalue weighted by molar-refractivity contribution is 0.669. The Morgan fingerprint density at radius 3 is 1.17 bits per heavy atom. The van der Waals surface area contributed by atoms with Crippen molar-refractivity contribution in [3.05, 3.63) is 315 Å². The quantitative estimate of drug-likeness (QED) is 0.126. The summed E-state index contributed by atoms with van der Waals surface area (Å²) in [5, 5.41) is 9.04. The van der Waals surface area contributed by atoms with E-state index in [9.17, 15) is 0 Å². The molecule has 0 saturated carbocycles. The van der Waals surface area contributed by atoms with Crippen LogP contribution in [0.4, 0.5) is 0 Å². The highest BCUT2D eigenvalue weighted by molar-refractivity contribution is 7.26. The van der Waals surface area contributed by atoms with Crippen LogP contribution in [-0.2, 0) is 0 Å². The van der Waals surface area contributed by atoms with Gasteiger partial charge in [0, 0.05) is 112 Å². The van der Waals surface area contributed by atoms with Crippen LogP contribution in [0.25, 0.3) is 208 Å². The molecule has 10 heteroatoms. The first-order chi connectivity index (χ1) is 49.5. The minimum atomic E-state index is 0.577. The fraction of sp³-hybridized carbons (Fsp3) is 0. The van der Waals surface area contributed by atoms with E-state index < -0.39 is 0 Å². The van der Waals surface area contributed by atoms with E-state index in [-0.39, 0.29) is 0 Å². The number of hydrogen-bond acceptors (Lipinski definition) is 10. The molecule has 14 aromatic carbocycles. The van der Waals surface area contributed by atoms with Crippen LogP contribution in [-0.4, -0.2) is 29.9 Å². The van der Waals surface area contributed by atoms with Gasteiger partial charge in [0.1, 0.15) is 22.3 Å². The third-order valence-electron chi connectivity index (χ3n) is 19.2. The molecule has 0 saturated heterocycles. The molecule has 20 aromatic rings. The van der Waals surface area contributed by atoms with E-state index >= 15 is 0 Å². The van der Waals surface area contributed by atoms with Crippen LogP contribution < -0.4 is 0 Å². The van der Waals surface area contributed by atoms with Crippen molar-refractivity contribution in [2.45, 2.75) is 0 Å². The van der Waals surface area contributed by atoms with E-state index in [1.807, 2.05) is 84.9 Å². The molecule has 0 aliphatic carbocycles. The second-order valence-electron chi connectivity index (χ2n) is 25.2. The van der Waals surface area contributed by atoms with Crippen LogP contribution in [0.3, 0.4) is 0 Å². The molecule has 0 atom stereocenters. The van der Waals surface area contributed by atoms with Gasteiger partial charge in [-0.05, 0) is 93.5 Å². The summed E-state index contributed by atoms with van der Waals surface area (Å²) in [6.07, 6.45) is 0.